The van der Waals surface area contributed by atoms with Gasteiger partial charge in [-0.3, -0.25) is 4.79 Å². The summed E-state index contributed by atoms with van der Waals surface area (Å²) in [6.07, 6.45) is 0. The van der Waals surface area contributed by atoms with Crippen molar-refractivity contribution < 1.29 is 14.6 Å². The number of ether oxygens (including phenoxy) is 1. The zero-order chi connectivity index (χ0) is 14.9. The van der Waals surface area contributed by atoms with Gasteiger partial charge in [0.05, 0.1) is 19.6 Å². The number of rotatable bonds is 4. The van der Waals surface area contributed by atoms with Crippen LogP contribution in [0.25, 0.3) is 0 Å². The number of aliphatic hydroxyl groups excluding tert-OH is 1. The maximum absolute atomic E-state index is 12.2. The van der Waals surface area contributed by atoms with E-state index in [1.807, 2.05) is 60.7 Å². The first-order valence-corrected chi connectivity index (χ1v) is 7.05. The average Bonchev–Trinajstić information content (AvgIpc) is 3.26. The molecule has 0 amide bonds. The SMILES string of the molecule is COC(=O)[C@@H]1[C@@H](c2ccccc2)[C@]1(CO)c1ccccc1. The molecule has 0 radical (unpaired) electrons. The fourth-order valence-electron chi connectivity index (χ4n) is 3.46. The summed E-state index contributed by atoms with van der Waals surface area (Å²) in [5.74, 6) is -0.641. The van der Waals surface area contributed by atoms with E-state index in [2.05, 4.69) is 0 Å². The Bertz CT molecular complexity index is 623. The van der Waals surface area contributed by atoms with Gasteiger partial charge in [-0.05, 0) is 11.1 Å². The fourth-order valence-corrected chi connectivity index (χ4v) is 3.46. The second kappa shape index (κ2) is 5.34. The molecular weight excluding hydrogens is 264 g/mol. The van der Waals surface area contributed by atoms with Crippen LogP contribution in [0.4, 0.5) is 0 Å². The zero-order valence-electron chi connectivity index (χ0n) is 11.9. The molecule has 0 aliphatic heterocycles. The van der Waals surface area contributed by atoms with Crippen LogP contribution in [0.1, 0.15) is 17.0 Å². The Morgan fingerprint density at radius 2 is 1.67 bits per heavy atom. The molecule has 3 nitrogen and oxygen atoms in total. The van der Waals surface area contributed by atoms with Gasteiger partial charge < -0.3 is 9.84 Å². The number of hydrogen-bond acceptors (Lipinski definition) is 3. The lowest BCUT2D eigenvalue weighted by Gasteiger charge is -2.15. The molecule has 0 bridgehead atoms. The van der Waals surface area contributed by atoms with Crippen LogP contribution < -0.4 is 0 Å². The van der Waals surface area contributed by atoms with Crippen LogP contribution in [0.15, 0.2) is 60.7 Å². The molecule has 0 spiro atoms. The van der Waals surface area contributed by atoms with Crippen LogP contribution in [0.3, 0.4) is 0 Å². The van der Waals surface area contributed by atoms with Gasteiger partial charge in [0.15, 0.2) is 0 Å². The second-order valence-corrected chi connectivity index (χ2v) is 5.45. The summed E-state index contributed by atoms with van der Waals surface area (Å²) in [6, 6.07) is 19.6. The molecule has 3 heteroatoms. The Labute approximate surface area is 124 Å². The molecule has 1 aliphatic rings. The predicted octanol–water partition coefficient (Wildman–Crippen LogP) is 2.50. The summed E-state index contributed by atoms with van der Waals surface area (Å²) in [4.78, 5) is 12.2. The summed E-state index contributed by atoms with van der Waals surface area (Å²) in [5, 5.41) is 10.0. The minimum Gasteiger partial charge on any atom is -0.469 e. The monoisotopic (exact) mass is 282 g/mol. The highest BCUT2D eigenvalue weighted by molar-refractivity contribution is 5.82. The van der Waals surface area contributed by atoms with Crippen molar-refractivity contribution in [2.24, 2.45) is 5.92 Å². The van der Waals surface area contributed by atoms with Gasteiger partial charge in [0, 0.05) is 11.3 Å². The van der Waals surface area contributed by atoms with E-state index in [1.54, 1.807) is 0 Å². The molecule has 0 aromatic heterocycles. The standard InChI is InChI=1S/C18H18O3/c1-21-17(20)16-15(13-8-4-2-5-9-13)18(16,12-19)14-10-6-3-7-11-14/h2-11,15-16,19H,12H2,1H3/t15-,16+,18+/m1/s1. The lowest BCUT2D eigenvalue weighted by molar-refractivity contribution is -0.143. The lowest BCUT2D eigenvalue weighted by Crippen LogP contribution is -2.20. The Balaban J connectivity index is 2.07. The number of esters is 1. The largest absolute Gasteiger partial charge is 0.469 e. The molecule has 2 aromatic carbocycles. The number of benzene rings is 2. The smallest absolute Gasteiger partial charge is 0.310 e. The lowest BCUT2D eigenvalue weighted by atomic mass is 9.90. The van der Waals surface area contributed by atoms with Gasteiger partial charge in [0.2, 0.25) is 0 Å². The topological polar surface area (TPSA) is 46.5 Å². The molecule has 2 aromatic rings. The highest BCUT2D eigenvalue weighted by atomic mass is 16.5. The van der Waals surface area contributed by atoms with Crippen LogP contribution in [0.5, 0.6) is 0 Å². The molecule has 0 heterocycles. The van der Waals surface area contributed by atoms with E-state index in [9.17, 15) is 9.90 Å². The molecule has 108 valence electrons. The molecule has 0 saturated heterocycles. The van der Waals surface area contributed by atoms with Gasteiger partial charge in [-0.15, -0.1) is 0 Å². The molecule has 1 saturated carbocycles. The number of methoxy groups -OCH3 is 1. The average molecular weight is 282 g/mol. The van der Waals surface area contributed by atoms with Crippen LogP contribution in [0.2, 0.25) is 0 Å². The van der Waals surface area contributed by atoms with E-state index < -0.39 is 5.41 Å². The highest BCUT2D eigenvalue weighted by Crippen LogP contribution is 2.65. The maximum atomic E-state index is 12.2. The van der Waals surface area contributed by atoms with Crippen LogP contribution in [-0.4, -0.2) is 24.8 Å². The van der Waals surface area contributed by atoms with Gasteiger partial charge in [-0.2, -0.15) is 0 Å². The number of carbonyl (C=O) groups excluding carboxylic acids is 1. The molecule has 1 aliphatic carbocycles. The second-order valence-electron chi connectivity index (χ2n) is 5.45. The van der Waals surface area contributed by atoms with Gasteiger partial charge in [-0.1, -0.05) is 60.7 Å². The van der Waals surface area contributed by atoms with Crippen molar-refractivity contribution >= 4 is 5.97 Å². The van der Waals surface area contributed by atoms with Crippen LogP contribution in [-0.2, 0) is 14.9 Å². The third-order valence-corrected chi connectivity index (χ3v) is 4.52. The van der Waals surface area contributed by atoms with Crippen molar-refractivity contribution in [1.82, 2.24) is 0 Å². The molecule has 3 rings (SSSR count). The fraction of sp³-hybridized carbons (Fsp3) is 0.278. The van der Waals surface area contributed by atoms with Crippen molar-refractivity contribution in [3.8, 4) is 0 Å². The summed E-state index contributed by atoms with van der Waals surface area (Å²) in [7, 11) is 1.40. The summed E-state index contributed by atoms with van der Waals surface area (Å²) in [5.41, 5.74) is 1.47. The van der Waals surface area contributed by atoms with E-state index in [1.165, 1.54) is 7.11 Å². The third kappa shape index (κ3) is 2.05. The first kappa shape index (κ1) is 13.8. The van der Waals surface area contributed by atoms with E-state index in [-0.39, 0.29) is 24.4 Å². The molecule has 0 unspecified atom stereocenters. The molecular formula is C18H18O3. The van der Waals surface area contributed by atoms with E-state index in [4.69, 9.17) is 4.74 Å². The highest BCUT2D eigenvalue weighted by Gasteiger charge is 2.69. The van der Waals surface area contributed by atoms with Gasteiger partial charge in [0.25, 0.3) is 0 Å². The minimum atomic E-state index is -0.574. The van der Waals surface area contributed by atoms with Gasteiger partial charge >= 0.3 is 5.97 Å². The number of carbonyl (C=O) groups is 1. The van der Waals surface area contributed by atoms with E-state index in [0.717, 1.165) is 11.1 Å². The van der Waals surface area contributed by atoms with Gasteiger partial charge in [0.1, 0.15) is 0 Å². The number of aliphatic hydroxyl groups is 1. The Hall–Kier alpha value is -2.13. The Kier molecular flexibility index (Phi) is 3.52. The molecule has 1 N–H and O–H groups in total. The van der Waals surface area contributed by atoms with Crippen LogP contribution in [0, 0.1) is 5.92 Å². The number of hydrogen-bond donors (Lipinski definition) is 1. The summed E-state index contributed by atoms with van der Waals surface area (Å²) in [6.45, 7) is -0.0731. The minimum absolute atomic E-state index is 0.0430. The molecule has 1 fully saturated rings. The van der Waals surface area contributed by atoms with Crippen molar-refractivity contribution in [2.45, 2.75) is 11.3 Å². The van der Waals surface area contributed by atoms with E-state index >= 15 is 0 Å². The van der Waals surface area contributed by atoms with Crippen molar-refractivity contribution in [3.05, 3.63) is 71.8 Å². The van der Waals surface area contributed by atoms with E-state index in [0.29, 0.717) is 0 Å². The normalized spacial score (nSPS) is 27.1. The first-order valence-electron chi connectivity index (χ1n) is 7.05. The first-order chi connectivity index (χ1) is 10.3. The summed E-state index contributed by atoms with van der Waals surface area (Å²) < 4.78 is 4.95. The van der Waals surface area contributed by atoms with Crippen molar-refractivity contribution in [3.63, 3.8) is 0 Å². The quantitative estimate of drug-likeness (QED) is 0.876. The zero-order valence-corrected chi connectivity index (χ0v) is 11.9. The van der Waals surface area contributed by atoms with Crippen molar-refractivity contribution in [1.29, 1.82) is 0 Å². The Morgan fingerprint density at radius 1 is 1.10 bits per heavy atom. The predicted molar refractivity (Wildman–Crippen MR) is 79.9 cm³/mol. The van der Waals surface area contributed by atoms with Crippen LogP contribution >= 0.6 is 0 Å². The molecule has 3 atom stereocenters. The third-order valence-electron chi connectivity index (χ3n) is 4.52. The van der Waals surface area contributed by atoms with Crippen molar-refractivity contribution in [2.75, 3.05) is 13.7 Å². The van der Waals surface area contributed by atoms with Gasteiger partial charge in [-0.25, -0.2) is 0 Å². The summed E-state index contributed by atoms with van der Waals surface area (Å²) >= 11 is 0. The Morgan fingerprint density at radius 3 is 2.19 bits per heavy atom. The molecule has 21 heavy (non-hydrogen) atoms. The maximum Gasteiger partial charge on any atom is 0.310 e.